The first kappa shape index (κ1) is 21.7. The molecular weight excluding hydrogens is 418 g/mol. The lowest BCUT2D eigenvalue weighted by molar-refractivity contribution is -0.132. The van der Waals surface area contributed by atoms with Crippen LogP contribution in [0.15, 0.2) is 36.8 Å². The van der Waals surface area contributed by atoms with Gasteiger partial charge >= 0.3 is 0 Å². The molecule has 1 atom stereocenters. The third-order valence-electron chi connectivity index (χ3n) is 5.39. The average Bonchev–Trinajstić information content (AvgIpc) is 3.42. The zero-order valence-electron chi connectivity index (χ0n) is 18.1. The fraction of sp³-hybridized carbons (Fsp3) is 0.364. The van der Waals surface area contributed by atoms with Crippen LogP contribution < -0.4 is 9.64 Å². The van der Waals surface area contributed by atoms with Crippen LogP contribution in [-0.4, -0.2) is 64.3 Å². The summed E-state index contributed by atoms with van der Waals surface area (Å²) in [5, 5.41) is 4.24. The first-order valence-corrected chi connectivity index (χ1v) is 10.2. The molecule has 4 rings (SSSR count). The molecule has 0 unspecified atom stereocenters. The summed E-state index contributed by atoms with van der Waals surface area (Å²) in [6.45, 7) is 0.676. The summed E-state index contributed by atoms with van der Waals surface area (Å²) in [6, 6.07) is 2.99. The fourth-order valence-electron chi connectivity index (χ4n) is 3.73. The number of likely N-dealkylation sites (tertiary alicyclic amines) is 1. The molecule has 1 aliphatic rings. The fourth-order valence-corrected chi connectivity index (χ4v) is 3.73. The highest BCUT2D eigenvalue weighted by Crippen LogP contribution is 2.34. The molecule has 0 spiro atoms. The normalized spacial score (nSPS) is 15.8. The van der Waals surface area contributed by atoms with Gasteiger partial charge in [0.15, 0.2) is 18.2 Å². The van der Waals surface area contributed by atoms with Crippen molar-refractivity contribution in [3.63, 3.8) is 0 Å². The summed E-state index contributed by atoms with van der Waals surface area (Å²) in [5.74, 6) is -1.35. The molecular formula is C22H24F2N6O2. The number of rotatable bonds is 6. The third-order valence-corrected chi connectivity index (χ3v) is 5.39. The van der Waals surface area contributed by atoms with Gasteiger partial charge in [0, 0.05) is 69.7 Å². The molecule has 168 valence electrons. The molecule has 2 aromatic heterocycles. The van der Waals surface area contributed by atoms with E-state index >= 15 is 0 Å². The van der Waals surface area contributed by atoms with E-state index in [1.54, 1.807) is 22.0 Å². The van der Waals surface area contributed by atoms with Crippen molar-refractivity contribution in [3.05, 3.63) is 54.1 Å². The first-order valence-electron chi connectivity index (χ1n) is 10.2. The molecule has 1 saturated heterocycles. The van der Waals surface area contributed by atoms with E-state index in [4.69, 9.17) is 9.72 Å². The monoisotopic (exact) mass is 442 g/mol. The van der Waals surface area contributed by atoms with E-state index in [-0.39, 0.29) is 24.2 Å². The second kappa shape index (κ2) is 8.89. The number of anilines is 1. The minimum atomic E-state index is -0.838. The minimum Gasteiger partial charge on any atom is -0.481 e. The van der Waals surface area contributed by atoms with E-state index in [0.29, 0.717) is 19.0 Å². The van der Waals surface area contributed by atoms with Gasteiger partial charge in [0.2, 0.25) is 5.95 Å². The van der Waals surface area contributed by atoms with Gasteiger partial charge in [-0.2, -0.15) is 5.10 Å². The van der Waals surface area contributed by atoms with Crippen LogP contribution in [0.1, 0.15) is 18.0 Å². The van der Waals surface area contributed by atoms with Crippen LogP contribution >= 0.6 is 0 Å². The van der Waals surface area contributed by atoms with Gasteiger partial charge in [0.05, 0.1) is 11.9 Å². The predicted molar refractivity (Wildman–Crippen MR) is 114 cm³/mol. The summed E-state index contributed by atoms with van der Waals surface area (Å²) in [7, 11) is 5.59. The lowest BCUT2D eigenvalue weighted by atomic mass is 9.97. The highest BCUT2D eigenvalue weighted by Gasteiger charge is 2.31. The van der Waals surface area contributed by atoms with Crippen LogP contribution in [0.4, 0.5) is 14.7 Å². The number of amides is 1. The van der Waals surface area contributed by atoms with Crippen molar-refractivity contribution >= 4 is 11.9 Å². The Bertz CT molecular complexity index is 1130. The first-order chi connectivity index (χ1) is 15.3. The number of halogens is 2. The summed E-state index contributed by atoms with van der Waals surface area (Å²) in [4.78, 5) is 25.4. The Balaban J connectivity index is 1.49. The third kappa shape index (κ3) is 4.53. The smallest absolute Gasteiger partial charge is 0.260 e. The van der Waals surface area contributed by atoms with E-state index in [1.165, 1.54) is 6.07 Å². The number of aromatic nitrogens is 4. The van der Waals surface area contributed by atoms with Gasteiger partial charge in [0.25, 0.3) is 5.91 Å². The van der Waals surface area contributed by atoms with Crippen LogP contribution in [-0.2, 0) is 11.8 Å². The highest BCUT2D eigenvalue weighted by molar-refractivity contribution is 5.78. The Labute approximate surface area is 184 Å². The van der Waals surface area contributed by atoms with Gasteiger partial charge < -0.3 is 14.5 Å². The lowest BCUT2D eigenvalue weighted by Crippen LogP contribution is -2.33. The SMILES string of the molecule is CN(C)c1ncc(-c2cnn(C)c2)c([C@@H]2CCN(C(=O)COc3ccc(F)cc3F)C2)n1. The Morgan fingerprint density at radius 2 is 2.09 bits per heavy atom. The largest absolute Gasteiger partial charge is 0.481 e. The second-order valence-corrected chi connectivity index (χ2v) is 7.95. The molecule has 1 fully saturated rings. The summed E-state index contributed by atoms with van der Waals surface area (Å²) in [6.07, 6.45) is 6.19. The van der Waals surface area contributed by atoms with Gasteiger partial charge in [-0.15, -0.1) is 0 Å². The van der Waals surface area contributed by atoms with Crippen molar-refractivity contribution in [3.8, 4) is 16.9 Å². The molecule has 8 nitrogen and oxygen atoms in total. The second-order valence-electron chi connectivity index (χ2n) is 7.95. The van der Waals surface area contributed by atoms with Crippen LogP contribution in [0.3, 0.4) is 0 Å². The van der Waals surface area contributed by atoms with Crippen molar-refractivity contribution in [2.75, 3.05) is 38.7 Å². The molecule has 3 heterocycles. The van der Waals surface area contributed by atoms with Gasteiger partial charge in [-0.1, -0.05) is 0 Å². The number of ether oxygens (including phenoxy) is 1. The van der Waals surface area contributed by atoms with Gasteiger partial charge in [-0.05, 0) is 18.6 Å². The molecule has 32 heavy (non-hydrogen) atoms. The van der Waals surface area contributed by atoms with Crippen LogP contribution in [0.25, 0.3) is 11.1 Å². The average molecular weight is 442 g/mol. The number of hydrogen-bond acceptors (Lipinski definition) is 6. The van der Waals surface area contributed by atoms with Crippen molar-refractivity contribution in [1.29, 1.82) is 0 Å². The standard InChI is InChI=1S/C22H24F2N6O2/c1-28(2)22-25-10-17(15-9-26-29(3)11-15)21(27-22)14-6-7-30(12-14)20(31)13-32-19-5-4-16(23)8-18(19)24/h4-5,8-11,14H,6-7,12-13H2,1-3H3/t14-/m1/s1. The molecule has 1 aliphatic heterocycles. The Morgan fingerprint density at radius 1 is 1.28 bits per heavy atom. The molecule has 0 radical (unpaired) electrons. The quantitative estimate of drug-likeness (QED) is 0.584. The molecule has 0 bridgehead atoms. The van der Waals surface area contributed by atoms with Crippen LogP contribution in [0.5, 0.6) is 5.75 Å². The summed E-state index contributed by atoms with van der Waals surface area (Å²) >= 11 is 0. The number of aryl methyl sites for hydroxylation is 1. The van der Waals surface area contributed by atoms with Gasteiger partial charge in [-0.3, -0.25) is 9.48 Å². The van der Waals surface area contributed by atoms with E-state index in [2.05, 4.69) is 10.1 Å². The van der Waals surface area contributed by atoms with E-state index in [9.17, 15) is 13.6 Å². The molecule has 1 amide bonds. The van der Waals surface area contributed by atoms with Gasteiger partial charge in [-0.25, -0.2) is 18.7 Å². The topological polar surface area (TPSA) is 76.4 Å². The number of carbonyl (C=O) groups excluding carboxylic acids is 1. The van der Waals surface area contributed by atoms with Crippen molar-refractivity contribution in [2.24, 2.45) is 7.05 Å². The van der Waals surface area contributed by atoms with Crippen LogP contribution in [0.2, 0.25) is 0 Å². The summed E-state index contributed by atoms with van der Waals surface area (Å²) < 4.78 is 33.8. The van der Waals surface area contributed by atoms with Crippen molar-refractivity contribution < 1.29 is 18.3 Å². The maximum Gasteiger partial charge on any atom is 0.260 e. The molecule has 0 N–H and O–H groups in total. The van der Waals surface area contributed by atoms with Crippen molar-refractivity contribution in [2.45, 2.75) is 12.3 Å². The van der Waals surface area contributed by atoms with Crippen LogP contribution in [0, 0.1) is 11.6 Å². The molecule has 10 heteroatoms. The molecule has 0 aliphatic carbocycles. The van der Waals surface area contributed by atoms with Gasteiger partial charge in [0.1, 0.15) is 5.82 Å². The number of hydrogen-bond donors (Lipinski definition) is 0. The summed E-state index contributed by atoms with van der Waals surface area (Å²) in [5.41, 5.74) is 2.65. The van der Waals surface area contributed by atoms with E-state index in [1.807, 2.05) is 32.2 Å². The molecule has 3 aromatic rings. The highest BCUT2D eigenvalue weighted by atomic mass is 19.1. The Morgan fingerprint density at radius 3 is 2.78 bits per heavy atom. The maximum absolute atomic E-state index is 13.8. The van der Waals surface area contributed by atoms with Crippen molar-refractivity contribution in [1.82, 2.24) is 24.6 Å². The number of carbonyl (C=O) groups is 1. The minimum absolute atomic E-state index is 0.0124. The lowest BCUT2D eigenvalue weighted by Gasteiger charge is -2.19. The van der Waals surface area contributed by atoms with E-state index < -0.39 is 11.6 Å². The number of nitrogens with zero attached hydrogens (tertiary/aromatic N) is 6. The maximum atomic E-state index is 13.8. The Hall–Kier alpha value is -3.56. The van der Waals surface area contributed by atoms with E-state index in [0.717, 1.165) is 35.4 Å². The predicted octanol–water partition coefficient (Wildman–Crippen LogP) is 2.62. The molecule has 1 aromatic carbocycles. The zero-order chi connectivity index (χ0) is 22.8. The molecule has 0 saturated carbocycles. The Kier molecular flexibility index (Phi) is 6.02. The zero-order valence-corrected chi connectivity index (χ0v) is 18.1. The number of benzene rings is 1.